The van der Waals surface area contributed by atoms with Crippen molar-refractivity contribution in [3.05, 3.63) is 0 Å². The summed E-state index contributed by atoms with van der Waals surface area (Å²) in [6, 6.07) is 0. The predicted octanol–water partition coefficient (Wildman–Crippen LogP) is 4.99. The summed E-state index contributed by atoms with van der Waals surface area (Å²) in [6.07, 6.45) is -11.7. The van der Waals surface area contributed by atoms with Crippen molar-refractivity contribution in [3.8, 4) is 0 Å². The van der Waals surface area contributed by atoms with Gasteiger partial charge in [-0.2, -0.15) is 78.8 Å². The number of rotatable bonds is 7. The van der Waals surface area contributed by atoms with E-state index in [4.69, 9.17) is 0 Å². The average molecular weight is 526 g/mol. The Morgan fingerprint density at radius 1 is 0.548 bits per heavy atom. The fourth-order valence-electron chi connectivity index (χ4n) is 1.81. The second-order valence-corrected chi connectivity index (χ2v) is 6.48. The first-order valence-electron chi connectivity index (χ1n) is 6.68. The molecule has 0 saturated carbocycles. The summed E-state index contributed by atoms with van der Waals surface area (Å²) in [5, 5.41) is 0. The van der Waals surface area contributed by atoms with Gasteiger partial charge in [-0.25, -0.2) is 0 Å². The van der Waals surface area contributed by atoms with Gasteiger partial charge in [0.05, 0.1) is 0 Å². The summed E-state index contributed by atoms with van der Waals surface area (Å²) >= 11 is -3.37. The molecule has 31 heavy (non-hydrogen) atoms. The molecule has 1 heterocycles. The maximum Gasteiger partial charge on any atom is 0.460 e. The van der Waals surface area contributed by atoms with Gasteiger partial charge in [-0.05, 0) is 0 Å². The van der Waals surface area contributed by atoms with Crippen molar-refractivity contribution >= 4 is 11.4 Å². The number of hydrogen-bond donors (Lipinski definition) is 0. The van der Waals surface area contributed by atoms with E-state index >= 15 is 0 Å². The van der Waals surface area contributed by atoms with Crippen LogP contribution in [0.2, 0.25) is 0 Å². The standard InChI is InChI=1S/C10H3F17O3S/c11-3(12,2-1-29-31(28)30-2)4(13,14)5(15,16)6(17,18)7(19,20)8(21,22)9(23,24)10(25,26)27/h2H,1H2. The van der Waals surface area contributed by atoms with Crippen molar-refractivity contribution in [2.45, 2.75) is 53.7 Å². The molecule has 0 spiro atoms. The first kappa shape index (κ1) is 27.9. The van der Waals surface area contributed by atoms with Crippen LogP contribution in [0.5, 0.6) is 0 Å². The maximum absolute atomic E-state index is 13.6. The minimum atomic E-state index is -8.70. The minimum Gasteiger partial charge on any atom is -0.265 e. The van der Waals surface area contributed by atoms with Crippen LogP contribution >= 0.6 is 0 Å². The van der Waals surface area contributed by atoms with Crippen LogP contribution < -0.4 is 0 Å². The van der Waals surface area contributed by atoms with E-state index in [9.17, 15) is 78.8 Å². The molecule has 0 N–H and O–H groups in total. The monoisotopic (exact) mass is 526 g/mol. The zero-order valence-electron chi connectivity index (χ0n) is 13.3. The van der Waals surface area contributed by atoms with E-state index in [1.807, 2.05) is 0 Å². The van der Waals surface area contributed by atoms with E-state index < -0.39 is 71.7 Å². The van der Waals surface area contributed by atoms with E-state index in [1.165, 1.54) is 0 Å². The molecular formula is C10H3F17O3S. The van der Waals surface area contributed by atoms with E-state index in [1.54, 1.807) is 0 Å². The van der Waals surface area contributed by atoms with Crippen LogP contribution in [0.25, 0.3) is 0 Å². The van der Waals surface area contributed by atoms with Crippen LogP contribution in [0.3, 0.4) is 0 Å². The van der Waals surface area contributed by atoms with Crippen LogP contribution in [0.15, 0.2) is 0 Å². The number of halogens is 17. The van der Waals surface area contributed by atoms with Gasteiger partial charge in [0, 0.05) is 0 Å². The summed E-state index contributed by atoms with van der Waals surface area (Å²) in [4.78, 5) is 0. The Kier molecular flexibility index (Phi) is 6.47. The molecule has 0 radical (unpaired) electrons. The van der Waals surface area contributed by atoms with E-state index in [0.717, 1.165) is 0 Å². The Balaban J connectivity index is 3.59. The molecule has 1 saturated heterocycles. The summed E-state index contributed by atoms with van der Waals surface area (Å²) < 4.78 is 238. The highest BCUT2D eigenvalue weighted by Crippen LogP contribution is 2.64. The Bertz CT molecular complexity index is 713. The molecule has 2 atom stereocenters. The van der Waals surface area contributed by atoms with Crippen LogP contribution in [-0.4, -0.2) is 64.6 Å². The van der Waals surface area contributed by atoms with E-state index in [-0.39, 0.29) is 0 Å². The fourth-order valence-corrected chi connectivity index (χ4v) is 2.47. The van der Waals surface area contributed by atoms with E-state index in [0.29, 0.717) is 0 Å². The third kappa shape index (κ3) is 3.53. The van der Waals surface area contributed by atoms with Crippen LogP contribution in [0, 0.1) is 0 Å². The lowest BCUT2D eigenvalue weighted by atomic mass is 9.88. The summed E-state index contributed by atoms with van der Waals surface area (Å²) in [5.74, 6) is -57.2. The quantitative estimate of drug-likeness (QED) is 0.439. The average Bonchev–Trinajstić information content (AvgIpc) is 2.99. The second-order valence-electron chi connectivity index (χ2n) is 5.64. The molecule has 0 amide bonds. The topological polar surface area (TPSA) is 35.5 Å². The molecule has 1 aliphatic heterocycles. The van der Waals surface area contributed by atoms with Gasteiger partial charge in [0.25, 0.3) is 0 Å². The van der Waals surface area contributed by atoms with Gasteiger partial charge < -0.3 is 0 Å². The molecule has 0 bridgehead atoms. The Hall–Kier alpha value is -1.12. The van der Waals surface area contributed by atoms with Crippen LogP contribution in [0.4, 0.5) is 74.6 Å². The minimum absolute atomic E-state index is 2.03. The molecule has 186 valence electrons. The van der Waals surface area contributed by atoms with Gasteiger partial charge >= 0.3 is 59.0 Å². The maximum atomic E-state index is 13.6. The Morgan fingerprint density at radius 2 is 0.871 bits per heavy atom. The molecular weight excluding hydrogens is 523 g/mol. The Morgan fingerprint density at radius 3 is 1.16 bits per heavy atom. The van der Waals surface area contributed by atoms with Crippen molar-refractivity contribution in [3.63, 3.8) is 0 Å². The zero-order valence-corrected chi connectivity index (χ0v) is 14.2. The molecule has 0 aromatic rings. The normalized spacial score (nSPS) is 23.4. The first-order chi connectivity index (χ1) is 13.2. The lowest BCUT2D eigenvalue weighted by Crippen LogP contribution is -2.75. The third-order valence-electron chi connectivity index (χ3n) is 3.66. The van der Waals surface area contributed by atoms with Gasteiger partial charge in [-0.1, -0.05) is 0 Å². The van der Waals surface area contributed by atoms with Gasteiger partial charge in [0.2, 0.25) is 0 Å². The fraction of sp³-hybridized carbons (Fsp3) is 1.00. The van der Waals surface area contributed by atoms with Crippen LogP contribution in [0.1, 0.15) is 0 Å². The van der Waals surface area contributed by atoms with Crippen molar-refractivity contribution in [2.75, 3.05) is 6.61 Å². The van der Waals surface area contributed by atoms with E-state index in [2.05, 4.69) is 8.37 Å². The number of alkyl halides is 17. The van der Waals surface area contributed by atoms with Crippen LogP contribution in [-0.2, 0) is 19.7 Å². The molecule has 3 nitrogen and oxygen atoms in total. The lowest BCUT2D eigenvalue weighted by molar-refractivity contribution is -0.463. The van der Waals surface area contributed by atoms with Gasteiger partial charge in [0.15, 0.2) is 6.10 Å². The summed E-state index contributed by atoms with van der Waals surface area (Å²) in [7, 11) is 0. The SMILES string of the molecule is O=S1OCC(C(F)(F)C(F)(F)C(F)(F)C(F)(F)C(F)(F)C(F)(F)C(F)(F)C(F)(F)F)O1. The molecule has 0 aromatic heterocycles. The highest BCUT2D eigenvalue weighted by molar-refractivity contribution is 7.75. The predicted molar refractivity (Wildman–Crippen MR) is 59.7 cm³/mol. The van der Waals surface area contributed by atoms with Crippen molar-refractivity contribution in [1.82, 2.24) is 0 Å². The Labute approximate surface area is 160 Å². The molecule has 0 aromatic carbocycles. The highest BCUT2D eigenvalue weighted by Gasteiger charge is 2.95. The summed E-state index contributed by atoms with van der Waals surface area (Å²) in [5.41, 5.74) is 0. The smallest absolute Gasteiger partial charge is 0.265 e. The molecule has 21 heteroatoms. The second kappa shape index (κ2) is 7.19. The van der Waals surface area contributed by atoms with Crippen molar-refractivity contribution < 1.29 is 87.2 Å². The zero-order chi connectivity index (χ0) is 25.3. The lowest BCUT2D eigenvalue weighted by Gasteiger charge is -2.43. The molecule has 1 rings (SSSR count). The molecule has 1 fully saturated rings. The largest absolute Gasteiger partial charge is 0.460 e. The number of hydrogen-bond acceptors (Lipinski definition) is 3. The van der Waals surface area contributed by atoms with Gasteiger partial charge in [-0.15, -0.1) is 0 Å². The first-order valence-corrected chi connectivity index (χ1v) is 7.68. The third-order valence-corrected chi connectivity index (χ3v) is 4.38. The molecule has 0 aliphatic carbocycles. The van der Waals surface area contributed by atoms with Gasteiger partial charge in [0.1, 0.15) is 6.61 Å². The van der Waals surface area contributed by atoms with Crippen molar-refractivity contribution in [2.24, 2.45) is 0 Å². The summed E-state index contributed by atoms with van der Waals surface area (Å²) in [6.45, 7) is -2.03. The highest BCUT2D eigenvalue weighted by atomic mass is 32.2. The van der Waals surface area contributed by atoms with Crippen molar-refractivity contribution in [1.29, 1.82) is 0 Å². The molecule has 1 aliphatic rings. The van der Waals surface area contributed by atoms with Gasteiger partial charge in [-0.3, -0.25) is 8.37 Å². The molecule has 2 unspecified atom stereocenters.